The predicted octanol–water partition coefficient (Wildman–Crippen LogP) is 6.27. The molecular weight excluding hydrogens is 350 g/mol. The molecule has 1 aromatic carbocycles. The van der Waals surface area contributed by atoms with Crippen molar-refractivity contribution in [3.8, 4) is 5.75 Å². The molecule has 0 aliphatic heterocycles. The first-order valence-electron chi connectivity index (χ1n) is 7.19. The van der Waals surface area contributed by atoms with Crippen LogP contribution in [-0.2, 0) is 4.79 Å². The third-order valence-electron chi connectivity index (χ3n) is 3.37. The molecule has 24 heavy (non-hydrogen) atoms. The Hall–Kier alpha value is -1.84. The molecule has 0 aliphatic carbocycles. The summed E-state index contributed by atoms with van der Waals surface area (Å²) in [6.45, 7) is 5.17. The lowest BCUT2D eigenvalue weighted by Crippen LogP contribution is -1.91. The molecule has 0 heterocycles. The molecule has 1 rings (SSSR count). The van der Waals surface area contributed by atoms with Crippen LogP contribution >= 0.6 is 23.2 Å². The molecule has 0 amide bonds. The number of rotatable bonds is 6. The number of aldehydes is 1. The standard InChI is InChI=1S/C19H19Cl2FO2/c1-12(9-10-23)5-8-17(22)13(2)6-7-15-16(20)11-18(24-4)14(3)19(15)21/h5-11H,1-4H3/b7-6+,8-5+,12-9+,17-13-. The van der Waals surface area contributed by atoms with Gasteiger partial charge in [0.2, 0.25) is 0 Å². The molecule has 0 fully saturated rings. The number of carbonyl (C=O) groups is 1. The first-order valence-corrected chi connectivity index (χ1v) is 7.94. The van der Waals surface area contributed by atoms with E-state index in [2.05, 4.69) is 0 Å². The van der Waals surface area contributed by atoms with Gasteiger partial charge in [0.1, 0.15) is 17.9 Å². The quantitative estimate of drug-likeness (QED) is 0.336. The molecule has 0 bridgehead atoms. The third kappa shape index (κ3) is 5.36. The van der Waals surface area contributed by atoms with E-state index in [1.807, 2.05) is 6.92 Å². The third-order valence-corrected chi connectivity index (χ3v) is 4.17. The maximum absolute atomic E-state index is 14.0. The van der Waals surface area contributed by atoms with Crippen molar-refractivity contribution < 1.29 is 13.9 Å². The fourth-order valence-electron chi connectivity index (χ4n) is 1.87. The average molecular weight is 369 g/mol. The number of hydrogen-bond donors (Lipinski definition) is 0. The first kappa shape index (κ1) is 20.2. The van der Waals surface area contributed by atoms with E-state index in [0.717, 1.165) is 5.56 Å². The number of methoxy groups -OCH3 is 1. The smallest absolute Gasteiger partial charge is 0.143 e. The van der Waals surface area contributed by atoms with Gasteiger partial charge in [-0.2, -0.15) is 0 Å². The minimum Gasteiger partial charge on any atom is -0.496 e. The summed E-state index contributed by atoms with van der Waals surface area (Å²) in [4.78, 5) is 10.3. The Balaban J connectivity index is 3.12. The van der Waals surface area contributed by atoms with Gasteiger partial charge in [0, 0.05) is 11.1 Å². The Labute approximate surface area is 151 Å². The zero-order valence-electron chi connectivity index (χ0n) is 14.0. The van der Waals surface area contributed by atoms with E-state index in [4.69, 9.17) is 27.9 Å². The maximum Gasteiger partial charge on any atom is 0.143 e. The van der Waals surface area contributed by atoms with Crippen molar-refractivity contribution in [2.24, 2.45) is 0 Å². The van der Waals surface area contributed by atoms with Crippen LogP contribution in [0.25, 0.3) is 6.08 Å². The summed E-state index contributed by atoms with van der Waals surface area (Å²) in [7, 11) is 1.54. The van der Waals surface area contributed by atoms with Gasteiger partial charge in [-0.1, -0.05) is 41.4 Å². The Morgan fingerprint density at radius 3 is 2.46 bits per heavy atom. The highest BCUT2D eigenvalue weighted by atomic mass is 35.5. The van der Waals surface area contributed by atoms with E-state index < -0.39 is 5.83 Å². The van der Waals surface area contributed by atoms with Crippen LogP contribution in [0, 0.1) is 6.92 Å². The van der Waals surface area contributed by atoms with E-state index >= 15 is 0 Å². The number of carbonyl (C=O) groups excluding carboxylic acids is 1. The summed E-state index contributed by atoms with van der Waals surface area (Å²) in [5.74, 6) is 0.184. The van der Waals surface area contributed by atoms with Gasteiger partial charge < -0.3 is 4.74 Å². The van der Waals surface area contributed by atoms with Crippen molar-refractivity contribution in [1.29, 1.82) is 0 Å². The van der Waals surface area contributed by atoms with E-state index in [-0.39, 0.29) is 0 Å². The second-order valence-electron chi connectivity index (χ2n) is 5.16. The molecule has 0 radical (unpaired) electrons. The summed E-state index contributed by atoms with van der Waals surface area (Å²) in [5.41, 5.74) is 2.43. The van der Waals surface area contributed by atoms with Crippen molar-refractivity contribution in [2.75, 3.05) is 7.11 Å². The number of ether oxygens (including phenoxy) is 1. The fraction of sp³-hybridized carbons (Fsp3) is 0.211. The molecule has 0 N–H and O–H groups in total. The second kappa shape index (κ2) is 9.45. The fourth-order valence-corrected chi connectivity index (χ4v) is 2.43. The normalized spacial score (nSPS) is 13.5. The number of halogens is 3. The van der Waals surface area contributed by atoms with Gasteiger partial charge in [0.25, 0.3) is 0 Å². The van der Waals surface area contributed by atoms with E-state index in [9.17, 15) is 9.18 Å². The summed E-state index contributed by atoms with van der Waals surface area (Å²) >= 11 is 12.5. The highest BCUT2D eigenvalue weighted by molar-refractivity contribution is 6.38. The van der Waals surface area contributed by atoms with Crippen LogP contribution in [0.15, 0.2) is 47.3 Å². The molecular formula is C19H19Cl2FO2. The second-order valence-corrected chi connectivity index (χ2v) is 5.94. The van der Waals surface area contributed by atoms with E-state index in [1.165, 1.54) is 18.2 Å². The number of hydrogen-bond acceptors (Lipinski definition) is 2. The lowest BCUT2D eigenvalue weighted by Gasteiger charge is -2.10. The summed E-state index contributed by atoms with van der Waals surface area (Å²) in [6, 6.07) is 1.67. The lowest BCUT2D eigenvalue weighted by molar-refractivity contribution is -0.104. The lowest BCUT2D eigenvalue weighted by atomic mass is 10.1. The van der Waals surface area contributed by atoms with Crippen LogP contribution < -0.4 is 4.74 Å². The Morgan fingerprint density at radius 2 is 1.88 bits per heavy atom. The van der Waals surface area contributed by atoms with E-state index in [1.54, 1.807) is 39.2 Å². The number of benzene rings is 1. The number of allylic oxidation sites excluding steroid dienone is 7. The molecule has 1 aromatic rings. The monoisotopic (exact) mass is 368 g/mol. The first-order chi connectivity index (χ1) is 11.3. The van der Waals surface area contributed by atoms with Gasteiger partial charge in [-0.05, 0) is 50.1 Å². The Morgan fingerprint density at radius 1 is 1.21 bits per heavy atom. The zero-order chi connectivity index (χ0) is 18.3. The molecule has 0 atom stereocenters. The average Bonchev–Trinajstić information content (AvgIpc) is 2.55. The van der Waals surface area contributed by atoms with E-state index in [0.29, 0.717) is 38.8 Å². The van der Waals surface area contributed by atoms with Crippen LogP contribution in [0.1, 0.15) is 25.0 Å². The molecule has 0 aromatic heterocycles. The predicted molar refractivity (Wildman–Crippen MR) is 99.6 cm³/mol. The largest absolute Gasteiger partial charge is 0.496 e. The van der Waals surface area contributed by atoms with Crippen molar-refractivity contribution in [3.63, 3.8) is 0 Å². The molecule has 0 unspecified atom stereocenters. The van der Waals surface area contributed by atoms with Crippen LogP contribution in [0.5, 0.6) is 5.75 Å². The highest BCUT2D eigenvalue weighted by Gasteiger charge is 2.11. The highest BCUT2D eigenvalue weighted by Crippen LogP contribution is 2.35. The molecule has 0 saturated heterocycles. The SMILES string of the molecule is COc1cc(Cl)c(/C=C/C(C)=C(F)/C=C/C(C)=C/C=O)c(Cl)c1C. The minimum atomic E-state index is -0.414. The summed E-state index contributed by atoms with van der Waals surface area (Å²) < 4.78 is 19.2. The van der Waals surface area contributed by atoms with Crippen LogP contribution in [-0.4, -0.2) is 13.4 Å². The molecule has 5 heteroatoms. The van der Waals surface area contributed by atoms with Crippen LogP contribution in [0.3, 0.4) is 0 Å². The van der Waals surface area contributed by atoms with Crippen LogP contribution in [0.4, 0.5) is 4.39 Å². The van der Waals surface area contributed by atoms with Gasteiger partial charge >= 0.3 is 0 Å². The van der Waals surface area contributed by atoms with Crippen molar-refractivity contribution in [1.82, 2.24) is 0 Å². The Kier molecular flexibility index (Phi) is 7.96. The molecule has 0 aliphatic rings. The van der Waals surface area contributed by atoms with Crippen molar-refractivity contribution >= 4 is 35.6 Å². The molecule has 0 spiro atoms. The topological polar surface area (TPSA) is 26.3 Å². The Bertz CT molecular complexity index is 744. The van der Waals surface area contributed by atoms with Gasteiger partial charge in [-0.3, -0.25) is 4.79 Å². The molecule has 128 valence electrons. The van der Waals surface area contributed by atoms with Gasteiger partial charge in [-0.25, -0.2) is 4.39 Å². The van der Waals surface area contributed by atoms with Crippen molar-refractivity contribution in [2.45, 2.75) is 20.8 Å². The summed E-state index contributed by atoms with van der Waals surface area (Å²) in [5, 5.41) is 0.885. The molecule has 2 nitrogen and oxygen atoms in total. The molecule has 0 saturated carbocycles. The zero-order valence-corrected chi connectivity index (χ0v) is 15.5. The van der Waals surface area contributed by atoms with Gasteiger partial charge in [-0.15, -0.1) is 0 Å². The van der Waals surface area contributed by atoms with Crippen molar-refractivity contribution in [3.05, 3.63) is 68.5 Å². The maximum atomic E-state index is 14.0. The van der Waals surface area contributed by atoms with Crippen LogP contribution in [0.2, 0.25) is 10.0 Å². The summed E-state index contributed by atoms with van der Waals surface area (Å²) in [6.07, 6.45) is 8.10. The minimum absolute atomic E-state index is 0.408. The van der Waals surface area contributed by atoms with Gasteiger partial charge in [0.05, 0.1) is 17.2 Å². The van der Waals surface area contributed by atoms with Gasteiger partial charge in [0.15, 0.2) is 0 Å².